The predicted octanol–water partition coefficient (Wildman–Crippen LogP) is 4.46. The van der Waals surface area contributed by atoms with E-state index >= 15 is 0 Å². The first-order valence-corrected chi connectivity index (χ1v) is 8.05. The van der Waals surface area contributed by atoms with Gasteiger partial charge in [-0.1, -0.05) is 69.3 Å². The molecule has 0 unspecified atom stereocenters. The Balaban J connectivity index is 0. The van der Waals surface area contributed by atoms with Gasteiger partial charge in [0.05, 0.1) is 32.5 Å². The second kappa shape index (κ2) is 18.1. The lowest BCUT2D eigenvalue weighted by atomic mass is 10.1. The summed E-state index contributed by atoms with van der Waals surface area (Å²) in [5, 5.41) is 0. The van der Waals surface area contributed by atoms with Crippen LogP contribution in [0.3, 0.4) is 0 Å². The zero-order valence-electron chi connectivity index (χ0n) is 16.1. The second-order valence-electron chi connectivity index (χ2n) is 4.58. The third-order valence-electron chi connectivity index (χ3n) is 2.77. The van der Waals surface area contributed by atoms with Crippen molar-refractivity contribution < 1.29 is 28.6 Å². The first-order valence-electron chi connectivity index (χ1n) is 8.05. The normalized spacial score (nSPS) is 8.18. The minimum Gasteiger partial charge on any atom is -0.466 e. The van der Waals surface area contributed by atoms with Crippen molar-refractivity contribution in [1.82, 2.24) is 0 Å². The molecule has 6 heteroatoms. The molecule has 0 aliphatic heterocycles. The molecule has 0 saturated carbocycles. The van der Waals surface area contributed by atoms with E-state index in [1.54, 1.807) is 0 Å². The molecule has 0 atom stereocenters. The van der Waals surface area contributed by atoms with Gasteiger partial charge in [0.2, 0.25) is 0 Å². The summed E-state index contributed by atoms with van der Waals surface area (Å²) in [5.74, 6) is -1.41. The second-order valence-corrected chi connectivity index (χ2v) is 4.58. The molecule has 150 valence electrons. The van der Waals surface area contributed by atoms with Gasteiger partial charge in [-0.2, -0.15) is 0 Å². The van der Waals surface area contributed by atoms with E-state index in [2.05, 4.69) is 47.1 Å². The van der Waals surface area contributed by atoms with Crippen LogP contribution in [0.15, 0.2) is 75.8 Å². The molecule has 0 radical (unpaired) electrons. The topological polar surface area (TPSA) is 78.9 Å². The van der Waals surface area contributed by atoms with Crippen LogP contribution in [0.25, 0.3) is 12.2 Å². The van der Waals surface area contributed by atoms with E-state index in [1.807, 2.05) is 36.4 Å². The SMILES string of the molecule is C=CC(=O)OC.C=COC(=O)CCC(=O)OC=C.C=Cc1ccccc1C=C. The van der Waals surface area contributed by atoms with Crippen LogP contribution in [0.2, 0.25) is 0 Å². The molecule has 0 saturated heterocycles. The number of hydrogen-bond donors (Lipinski definition) is 0. The van der Waals surface area contributed by atoms with E-state index in [0.29, 0.717) is 0 Å². The maximum atomic E-state index is 10.6. The maximum Gasteiger partial charge on any atom is 0.329 e. The van der Waals surface area contributed by atoms with Crippen LogP contribution in [0.4, 0.5) is 0 Å². The minimum atomic E-state index is -0.508. The van der Waals surface area contributed by atoms with E-state index in [1.165, 1.54) is 7.11 Å². The van der Waals surface area contributed by atoms with E-state index in [0.717, 1.165) is 29.7 Å². The largest absolute Gasteiger partial charge is 0.466 e. The van der Waals surface area contributed by atoms with Crippen molar-refractivity contribution in [2.45, 2.75) is 12.8 Å². The lowest BCUT2D eigenvalue weighted by Crippen LogP contribution is -2.05. The van der Waals surface area contributed by atoms with Crippen molar-refractivity contribution in [3.8, 4) is 0 Å². The van der Waals surface area contributed by atoms with Gasteiger partial charge in [0, 0.05) is 6.08 Å². The molecule has 0 aliphatic rings. The molecule has 0 aromatic heterocycles. The first-order chi connectivity index (χ1) is 13.4. The van der Waals surface area contributed by atoms with Crippen molar-refractivity contribution in [1.29, 1.82) is 0 Å². The summed E-state index contributed by atoms with van der Waals surface area (Å²) >= 11 is 0. The number of benzene rings is 1. The molecule has 28 heavy (non-hydrogen) atoms. The van der Waals surface area contributed by atoms with Gasteiger partial charge in [0.15, 0.2) is 0 Å². The van der Waals surface area contributed by atoms with Crippen molar-refractivity contribution in [2.75, 3.05) is 7.11 Å². The summed E-state index contributed by atoms with van der Waals surface area (Å²) < 4.78 is 12.9. The summed E-state index contributed by atoms with van der Waals surface area (Å²) in [6.45, 7) is 16.9. The van der Waals surface area contributed by atoms with Gasteiger partial charge in [-0.3, -0.25) is 9.59 Å². The number of esters is 3. The Labute approximate surface area is 166 Å². The van der Waals surface area contributed by atoms with E-state index in [9.17, 15) is 14.4 Å². The highest BCUT2D eigenvalue weighted by Gasteiger charge is 2.06. The highest BCUT2D eigenvalue weighted by Crippen LogP contribution is 2.10. The number of rotatable bonds is 8. The van der Waals surface area contributed by atoms with Gasteiger partial charge >= 0.3 is 17.9 Å². The Bertz CT molecular complexity index is 639. The fraction of sp³-hybridized carbons (Fsp3) is 0.136. The highest BCUT2D eigenvalue weighted by atomic mass is 16.5. The van der Waals surface area contributed by atoms with Crippen LogP contribution in [-0.2, 0) is 28.6 Å². The Hall–Kier alpha value is -3.67. The summed E-state index contributed by atoms with van der Waals surface area (Å²) in [5.41, 5.74) is 2.27. The van der Waals surface area contributed by atoms with Gasteiger partial charge in [-0.25, -0.2) is 4.79 Å². The average molecular weight is 386 g/mol. The molecule has 6 nitrogen and oxygen atoms in total. The molecule has 0 bridgehead atoms. The Morgan fingerprint density at radius 3 is 1.43 bits per heavy atom. The molecule has 0 aliphatic carbocycles. The van der Waals surface area contributed by atoms with E-state index in [-0.39, 0.29) is 12.8 Å². The summed E-state index contributed by atoms with van der Waals surface area (Å²) in [4.78, 5) is 31.1. The van der Waals surface area contributed by atoms with Crippen LogP contribution >= 0.6 is 0 Å². The lowest BCUT2D eigenvalue weighted by molar-refractivity contribution is -0.144. The zero-order chi connectivity index (χ0) is 21.8. The zero-order valence-corrected chi connectivity index (χ0v) is 16.1. The van der Waals surface area contributed by atoms with Crippen molar-refractivity contribution in [3.05, 3.63) is 86.9 Å². The van der Waals surface area contributed by atoms with Gasteiger partial charge in [0.1, 0.15) is 0 Å². The fourth-order valence-corrected chi connectivity index (χ4v) is 1.47. The third kappa shape index (κ3) is 14.7. The van der Waals surface area contributed by atoms with Crippen LogP contribution < -0.4 is 0 Å². The summed E-state index contributed by atoms with van der Waals surface area (Å²) in [6.07, 6.45) is 6.77. The predicted molar refractivity (Wildman–Crippen MR) is 111 cm³/mol. The minimum absolute atomic E-state index is 0.0152. The van der Waals surface area contributed by atoms with Crippen LogP contribution in [-0.4, -0.2) is 25.0 Å². The average Bonchev–Trinajstić information content (AvgIpc) is 2.72. The maximum absolute atomic E-state index is 10.6. The van der Waals surface area contributed by atoms with Gasteiger partial charge in [-0.15, -0.1) is 0 Å². The molecule has 0 spiro atoms. The van der Waals surface area contributed by atoms with Crippen molar-refractivity contribution >= 4 is 30.1 Å². The number of ether oxygens (including phenoxy) is 3. The van der Waals surface area contributed by atoms with E-state index in [4.69, 9.17) is 0 Å². The summed E-state index contributed by atoms with van der Waals surface area (Å²) in [7, 11) is 1.31. The number of methoxy groups -OCH3 is 1. The Kier molecular flexibility index (Phi) is 17.2. The molecule has 0 fully saturated rings. The number of hydrogen-bond acceptors (Lipinski definition) is 6. The quantitative estimate of drug-likeness (QED) is 0.284. The first kappa shape index (κ1) is 26.6. The highest BCUT2D eigenvalue weighted by molar-refractivity contribution is 5.81. The van der Waals surface area contributed by atoms with Crippen LogP contribution in [0, 0.1) is 0 Å². The molecule has 1 rings (SSSR count). The third-order valence-corrected chi connectivity index (χ3v) is 2.77. The van der Waals surface area contributed by atoms with Crippen LogP contribution in [0.1, 0.15) is 24.0 Å². The standard InChI is InChI=1S/C10H10.C8H10O4.C4H6O2/c1-3-9-7-5-6-8-10(9)4-2;1-3-11-7(9)5-6-8(10)12-4-2;1-3-4(5)6-2/h3-8H,1-2H2;3-4H,1-2,5-6H2;3H,1H2,2H3. The molecule has 0 amide bonds. The summed E-state index contributed by atoms with van der Waals surface area (Å²) in [6, 6.07) is 8.02. The fourth-order valence-electron chi connectivity index (χ4n) is 1.47. The molecule has 0 N–H and O–H groups in total. The smallest absolute Gasteiger partial charge is 0.329 e. The van der Waals surface area contributed by atoms with Gasteiger partial charge in [0.25, 0.3) is 0 Å². The van der Waals surface area contributed by atoms with Crippen molar-refractivity contribution in [2.24, 2.45) is 0 Å². The number of carbonyl (C=O) groups is 3. The monoisotopic (exact) mass is 386 g/mol. The van der Waals surface area contributed by atoms with Crippen LogP contribution in [0.5, 0.6) is 0 Å². The molecular formula is C22H26O6. The van der Waals surface area contributed by atoms with Gasteiger partial charge < -0.3 is 14.2 Å². The van der Waals surface area contributed by atoms with Gasteiger partial charge in [-0.05, 0) is 11.1 Å². The van der Waals surface area contributed by atoms with E-state index < -0.39 is 17.9 Å². The van der Waals surface area contributed by atoms with Crippen molar-refractivity contribution in [3.63, 3.8) is 0 Å². The molecule has 1 aromatic rings. The molecule has 0 heterocycles. The Morgan fingerprint density at radius 2 is 1.21 bits per heavy atom. The lowest BCUT2D eigenvalue weighted by Gasteiger charge is -1.97. The molecule has 1 aromatic carbocycles. The molecular weight excluding hydrogens is 360 g/mol. The number of carbonyl (C=O) groups excluding carboxylic acids is 3. The Morgan fingerprint density at radius 1 is 0.821 bits per heavy atom.